The molecule has 0 unspecified atom stereocenters. The van der Waals surface area contributed by atoms with Crippen LogP contribution in [0.15, 0.2) is 6.33 Å². The van der Waals surface area contributed by atoms with Crippen LogP contribution in [-0.2, 0) is 11.8 Å². The van der Waals surface area contributed by atoms with E-state index >= 15 is 0 Å². The van der Waals surface area contributed by atoms with Crippen molar-refractivity contribution in [2.45, 2.75) is 6.92 Å². The molecule has 16 heavy (non-hydrogen) atoms. The predicted octanol–water partition coefficient (Wildman–Crippen LogP) is 0.730. The third-order valence-electron chi connectivity index (χ3n) is 2.39. The van der Waals surface area contributed by atoms with Crippen molar-refractivity contribution < 1.29 is 4.74 Å². The van der Waals surface area contributed by atoms with Crippen molar-refractivity contribution in [2.24, 2.45) is 7.05 Å². The Morgan fingerprint density at radius 3 is 3.00 bits per heavy atom. The van der Waals surface area contributed by atoms with Gasteiger partial charge in [0.2, 0.25) is 0 Å². The average Bonchev–Trinajstić information content (AvgIpc) is 2.56. The maximum absolute atomic E-state index is 4.98. The molecule has 2 aromatic heterocycles. The van der Waals surface area contributed by atoms with Gasteiger partial charge in [-0.3, -0.25) is 4.68 Å². The molecule has 2 rings (SSSR count). The topological polar surface area (TPSA) is 64.9 Å². The smallest absolute Gasteiger partial charge is 0.155 e. The van der Waals surface area contributed by atoms with E-state index in [2.05, 4.69) is 20.4 Å². The van der Waals surface area contributed by atoms with Gasteiger partial charge >= 0.3 is 0 Å². The van der Waals surface area contributed by atoms with Gasteiger partial charge in [0.1, 0.15) is 17.4 Å². The molecule has 0 aromatic carbocycles. The van der Waals surface area contributed by atoms with Crippen molar-refractivity contribution in [3.63, 3.8) is 0 Å². The predicted molar refractivity (Wildman–Crippen MR) is 61.4 cm³/mol. The van der Waals surface area contributed by atoms with E-state index in [4.69, 9.17) is 4.74 Å². The maximum Gasteiger partial charge on any atom is 0.155 e. The fraction of sp³-hybridized carbons (Fsp3) is 0.500. The molecule has 0 fully saturated rings. The number of rotatable bonds is 4. The fourth-order valence-corrected chi connectivity index (χ4v) is 1.67. The van der Waals surface area contributed by atoms with E-state index in [9.17, 15) is 0 Å². The second kappa shape index (κ2) is 4.44. The van der Waals surface area contributed by atoms with Gasteiger partial charge in [-0.2, -0.15) is 5.10 Å². The van der Waals surface area contributed by atoms with Crippen molar-refractivity contribution in [2.75, 3.05) is 25.6 Å². The lowest BCUT2D eigenvalue weighted by atomic mass is 10.3. The molecule has 0 radical (unpaired) electrons. The Hall–Kier alpha value is -1.69. The first-order chi connectivity index (χ1) is 7.74. The van der Waals surface area contributed by atoms with Crippen molar-refractivity contribution in [3.8, 4) is 0 Å². The number of methoxy groups -OCH3 is 1. The quantitative estimate of drug-likeness (QED) is 0.771. The third-order valence-corrected chi connectivity index (χ3v) is 2.39. The summed E-state index contributed by atoms with van der Waals surface area (Å²) in [4.78, 5) is 8.44. The number of ether oxygens (including phenoxy) is 1. The molecule has 0 aliphatic carbocycles. The molecule has 1 N–H and O–H groups in total. The SMILES string of the molecule is COCCNc1ncnc2c(C)nn(C)c12. The third kappa shape index (κ3) is 1.83. The summed E-state index contributed by atoms with van der Waals surface area (Å²) in [6, 6.07) is 0. The first-order valence-electron chi connectivity index (χ1n) is 5.11. The highest BCUT2D eigenvalue weighted by molar-refractivity contribution is 5.87. The van der Waals surface area contributed by atoms with Crippen LogP contribution in [0.25, 0.3) is 11.0 Å². The molecule has 0 bridgehead atoms. The number of nitrogens with one attached hydrogen (secondary N) is 1. The summed E-state index contributed by atoms with van der Waals surface area (Å²) in [5, 5.41) is 7.53. The lowest BCUT2D eigenvalue weighted by Crippen LogP contribution is -2.10. The minimum Gasteiger partial charge on any atom is -0.383 e. The molecule has 86 valence electrons. The zero-order valence-corrected chi connectivity index (χ0v) is 9.69. The second-order valence-electron chi connectivity index (χ2n) is 3.55. The Morgan fingerprint density at radius 2 is 2.25 bits per heavy atom. The summed E-state index contributed by atoms with van der Waals surface area (Å²) in [7, 11) is 3.56. The molecule has 0 atom stereocenters. The van der Waals surface area contributed by atoms with Crippen molar-refractivity contribution in [1.29, 1.82) is 0 Å². The second-order valence-corrected chi connectivity index (χ2v) is 3.55. The summed E-state index contributed by atoms with van der Waals surface area (Å²) in [5.41, 5.74) is 2.73. The number of hydrogen-bond acceptors (Lipinski definition) is 5. The first-order valence-corrected chi connectivity index (χ1v) is 5.11. The molecule has 0 saturated carbocycles. The van der Waals surface area contributed by atoms with Crippen LogP contribution < -0.4 is 5.32 Å². The normalized spacial score (nSPS) is 10.9. The highest BCUT2D eigenvalue weighted by atomic mass is 16.5. The Balaban J connectivity index is 2.37. The van der Waals surface area contributed by atoms with Gasteiger partial charge in [0.05, 0.1) is 12.3 Å². The molecular formula is C10H15N5O. The molecular weight excluding hydrogens is 206 g/mol. The lowest BCUT2D eigenvalue weighted by Gasteiger charge is -2.06. The van der Waals surface area contributed by atoms with Crippen LogP contribution in [0.4, 0.5) is 5.82 Å². The van der Waals surface area contributed by atoms with Gasteiger partial charge in [-0.25, -0.2) is 9.97 Å². The van der Waals surface area contributed by atoms with E-state index in [1.165, 1.54) is 0 Å². The molecule has 0 saturated heterocycles. The van der Waals surface area contributed by atoms with E-state index in [1.807, 2.05) is 14.0 Å². The van der Waals surface area contributed by atoms with E-state index in [0.717, 1.165) is 22.5 Å². The minimum absolute atomic E-state index is 0.641. The molecule has 2 aromatic rings. The van der Waals surface area contributed by atoms with E-state index in [-0.39, 0.29) is 0 Å². The molecule has 2 heterocycles. The average molecular weight is 221 g/mol. The van der Waals surface area contributed by atoms with Gasteiger partial charge in [0.25, 0.3) is 0 Å². The van der Waals surface area contributed by atoms with E-state index in [0.29, 0.717) is 13.2 Å². The van der Waals surface area contributed by atoms with Crippen molar-refractivity contribution >= 4 is 16.9 Å². The molecule has 6 nitrogen and oxygen atoms in total. The number of anilines is 1. The Labute approximate surface area is 93.6 Å². The van der Waals surface area contributed by atoms with E-state index < -0.39 is 0 Å². The molecule has 0 aliphatic heterocycles. The van der Waals surface area contributed by atoms with E-state index in [1.54, 1.807) is 18.1 Å². The van der Waals surface area contributed by atoms with Gasteiger partial charge in [-0.1, -0.05) is 0 Å². The van der Waals surface area contributed by atoms with Crippen molar-refractivity contribution in [3.05, 3.63) is 12.0 Å². The van der Waals surface area contributed by atoms with Crippen LogP contribution in [0.3, 0.4) is 0 Å². The molecule has 0 aliphatic rings. The van der Waals surface area contributed by atoms with Crippen LogP contribution in [0.1, 0.15) is 5.69 Å². The van der Waals surface area contributed by atoms with Gasteiger partial charge in [-0.15, -0.1) is 0 Å². The van der Waals surface area contributed by atoms with Gasteiger partial charge in [-0.05, 0) is 6.92 Å². The number of aryl methyl sites for hydroxylation is 2. The Morgan fingerprint density at radius 1 is 1.44 bits per heavy atom. The summed E-state index contributed by atoms with van der Waals surface area (Å²) in [5.74, 6) is 0.796. The summed E-state index contributed by atoms with van der Waals surface area (Å²) >= 11 is 0. The zero-order valence-electron chi connectivity index (χ0n) is 9.69. The van der Waals surface area contributed by atoms with Gasteiger partial charge in [0, 0.05) is 20.7 Å². The van der Waals surface area contributed by atoms with Crippen molar-refractivity contribution in [1.82, 2.24) is 19.7 Å². The van der Waals surface area contributed by atoms with Crippen LogP contribution in [0.2, 0.25) is 0 Å². The first kappa shape index (κ1) is 10.8. The van der Waals surface area contributed by atoms with Crippen LogP contribution in [0.5, 0.6) is 0 Å². The summed E-state index contributed by atoms with van der Waals surface area (Å²) < 4.78 is 6.77. The van der Waals surface area contributed by atoms with Crippen LogP contribution in [0, 0.1) is 6.92 Å². The number of fused-ring (bicyclic) bond motifs is 1. The Kier molecular flexibility index (Phi) is 3.00. The summed E-state index contributed by atoms with van der Waals surface area (Å²) in [6.45, 7) is 3.30. The minimum atomic E-state index is 0.641. The van der Waals surface area contributed by atoms with Crippen LogP contribution >= 0.6 is 0 Å². The Bertz CT molecular complexity index is 493. The monoisotopic (exact) mass is 221 g/mol. The number of aromatic nitrogens is 4. The lowest BCUT2D eigenvalue weighted by molar-refractivity contribution is 0.210. The molecule has 0 spiro atoms. The summed E-state index contributed by atoms with van der Waals surface area (Å²) in [6.07, 6.45) is 1.55. The number of hydrogen-bond donors (Lipinski definition) is 1. The zero-order chi connectivity index (χ0) is 11.5. The number of nitrogens with zero attached hydrogens (tertiary/aromatic N) is 4. The van der Waals surface area contributed by atoms with Gasteiger partial charge < -0.3 is 10.1 Å². The maximum atomic E-state index is 4.98. The molecule has 0 amide bonds. The standard InChI is InChI=1S/C10H15N5O/c1-7-8-9(15(2)14-7)10(13-6-12-8)11-4-5-16-3/h6H,4-5H2,1-3H3,(H,11,12,13). The molecule has 6 heteroatoms. The highest BCUT2D eigenvalue weighted by Gasteiger charge is 2.11. The highest BCUT2D eigenvalue weighted by Crippen LogP contribution is 2.20. The largest absolute Gasteiger partial charge is 0.383 e. The van der Waals surface area contributed by atoms with Gasteiger partial charge in [0.15, 0.2) is 5.82 Å². The van der Waals surface area contributed by atoms with Crippen LogP contribution in [-0.4, -0.2) is 40.0 Å². The fourth-order valence-electron chi connectivity index (χ4n) is 1.67.